The van der Waals surface area contributed by atoms with Crippen molar-refractivity contribution in [3.05, 3.63) is 165 Å². The zero-order valence-electron chi connectivity index (χ0n) is 27.0. The molecule has 0 atom stereocenters. The number of fused-ring (bicyclic) bond motifs is 4. The summed E-state index contributed by atoms with van der Waals surface area (Å²) in [5, 5.41) is 7.70. The number of benzene rings is 6. The van der Waals surface area contributed by atoms with Gasteiger partial charge in [-0.2, -0.15) is 4.57 Å². The van der Waals surface area contributed by atoms with E-state index in [1.165, 1.54) is 80.2 Å². The lowest BCUT2D eigenvalue weighted by atomic mass is 10.1. The van der Waals surface area contributed by atoms with Gasteiger partial charge in [-0.05, 0) is 77.2 Å². The number of thioether (sulfide) groups is 1. The Morgan fingerprint density at radius 3 is 1.96 bits per heavy atom. The van der Waals surface area contributed by atoms with E-state index in [1.807, 2.05) is 23.1 Å². The summed E-state index contributed by atoms with van der Waals surface area (Å²) in [7, 11) is 0. The molecule has 0 saturated carbocycles. The predicted molar refractivity (Wildman–Crippen MR) is 203 cm³/mol. The summed E-state index contributed by atoms with van der Waals surface area (Å²) >= 11 is 3.79. The number of aromatic nitrogens is 1. The van der Waals surface area contributed by atoms with Gasteiger partial charge in [0.05, 0.1) is 10.7 Å². The maximum absolute atomic E-state index is 2.51. The molecular formula is C43H37N2S2+. The Kier molecular flexibility index (Phi) is 7.92. The van der Waals surface area contributed by atoms with Crippen molar-refractivity contribution in [2.24, 2.45) is 0 Å². The Hall–Kier alpha value is -4.64. The quantitative estimate of drug-likeness (QED) is 0.159. The van der Waals surface area contributed by atoms with E-state index in [2.05, 4.69) is 164 Å². The number of hydrogen-bond acceptors (Lipinski definition) is 3. The topological polar surface area (TPSA) is 7.12 Å². The fraction of sp³-hybridized carbons (Fsp3) is 0.140. The number of anilines is 1. The second-order valence-corrected chi connectivity index (χ2v) is 14.7. The Bertz CT molecular complexity index is 2330. The zero-order chi connectivity index (χ0) is 31.9. The predicted octanol–water partition coefficient (Wildman–Crippen LogP) is 11.6. The van der Waals surface area contributed by atoms with Gasteiger partial charge in [0, 0.05) is 29.1 Å². The first-order valence-electron chi connectivity index (χ1n) is 16.4. The maximum atomic E-state index is 2.51. The molecule has 0 radical (unpaired) electrons. The molecule has 2 nitrogen and oxygen atoms in total. The van der Waals surface area contributed by atoms with Crippen molar-refractivity contribution in [2.45, 2.75) is 45.2 Å². The molecule has 8 rings (SSSR count). The van der Waals surface area contributed by atoms with Gasteiger partial charge in [0.15, 0.2) is 6.54 Å². The van der Waals surface area contributed by atoms with Crippen LogP contribution in [0, 0.1) is 13.8 Å². The fourth-order valence-corrected chi connectivity index (χ4v) is 8.77. The average molecular weight is 646 g/mol. The molecule has 0 unspecified atom stereocenters. The van der Waals surface area contributed by atoms with Crippen molar-refractivity contribution >= 4 is 66.6 Å². The molecule has 47 heavy (non-hydrogen) atoms. The Morgan fingerprint density at radius 2 is 1.30 bits per heavy atom. The van der Waals surface area contributed by atoms with E-state index in [1.54, 1.807) is 0 Å². The summed E-state index contributed by atoms with van der Waals surface area (Å²) in [4.78, 5) is 3.83. The summed E-state index contributed by atoms with van der Waals surface area (Å²) in [5.74, 6) is 0. The van der Waals surface area contributed by atoms with Gasteiger partial charge in [-0.25, -0.2) is 0 Å². The summed E-state index contributed by atoms with van der Waals surface area (Å²) in [6.45, 7) is 8.26. The van der Waals surface area contributed by atoms with Gasteiger partial charge < -0.3 is 4.90 Å². The highest BCUT2D eigenvalue weighted by molar-refractivity contribution is 8.03. The fourth-order valence-electron chi connectivity index (χ4n) is 6.43. The highest BCUT2D eigenvalue weighted by Crippen LogP contribution is 2.49. The Labute approximate surface area is 285 Å². The zero-order valence-corrected chi connectivity index (χ0v) is 28.7. The molecule has 0 amide bonds. The van der Waals surface area contributed by atoms with Crippen LogP contribution in [0.15, 0.2) is 143 Å². The highest BCUT2D eigenvalue weighted by atomic mass is 32.2. The van der Waals surface area contributed by atoms with E-state index >= 15 is 0 Å². The second-order valence-electron chi connectivity index (χ2n) is 12.6. The van der Waals surface area contributed by atoms with Gasteiger partial charge in [0.2, 0.25) is 5.52 Å². The van der Waals surface area contributed by atoms with Crippen LogP contribution in [0.25, 0.3) is 37.8 Å². The Morgan fingerprint density at radius 1 is 0.702 bits per heavy atom. The molecule has 0 bridgehead atoms. The van der Waals surface area contributed by atoms with Gasteiger partial charge >= 0.3 is 0 Å². The summed E-state index contributed by atoms with van der Waals surface area (Å²) in [6.07, 6.45) is 5.81. The number of aryl methyl sites for hydroxylation is 2. The minimum absolute atomic E-state index is 0.838. The molecule has 1 aliphatic rings. The van der Waals surface area contributed by atoms with Crippen LogP contribution in [-0.2, 0) is 13.1 Å². The number of rotatable bonds is 7. The van der Waals surface area contributed by atoms with Crippen molar-refractivity contribution in [3.8, 4) is 0 Å². The van der Waals surface area contributed by atoms with Crippen LogP contribution in [0.3, 0.4) is 0 Å². The maximum Gasteiger partial charge on any atom is 0.263 e. The smallest absolute Gasteiger partial charge is 0.263 e. The minimum Gasteiger partial charge on any atom is -0.330 e. The van der Waals surface area contributed by atoms with Crippen molar-refractivity contribution in [1.82, 2.24) is 0 Å². The molecule has 0 N–H and O–H groups in total. The lowest BCUT2D eigenvalue weighted by Crippen LogP contribution is -2.35. The molecule has 6 aromatic carbocycles. The van der Waals surface area contributed by atoms with Crippen LogP contribution in [-0.4, -0.2) is 0 Å². The number of allylic oxidation sites excluding steroid dienone is 2. The molecule has 1 aromatic heterocycles. The molecule has 7 aromatic rings. The number of thiazole rings is 1. The standard InChI is InChI=1S/C43H37N2S2/c1-4-31(21-42-44(27-32-17-13-29(2)14-18-32)38-23-34-9-5-7-11-36(34)25-40(38)46-42)22-43-45(28-33-19-15-30(3)16-20-33)39-24-35-10-6-8-12-37(35)26-41(39)47-43/h5-26H,4,27-28H2,1-3H3/q+1. The van der Waals surface area contributed by atoms with Crippen LogP contribution in [0.4, 0.5) is 5.69 Å². The second kappa shape index (κ2) is 12.5. The average Bonchev–Trinajstić information content (AvgIpc) is 3.59. The van der Waals surface area contributed by atoms with Crippen LogP contribution >= 0.6 is 23.1 Å². The van der Waals surface area contributed by atoms with Crippen molar-refractivity contribution in [2.75, 3.05) is 4.90 Å². The molecule has 1 aliphatic heterocycles. The van der Waals surface area contributed by atoms with Gasteiger partial charge in [-0.3, -0.25) is 0 Å². The minimum atomic E-state index is 0.838. The first-order chi connectivity index (χ1) is 23.0. The summed E-state index contributed by atoms with van der Waals surface area (Å²) in [5.41, 5.74) is 9.12. The first kappa shape index (κ1) is 29.7. The molecule has 230 valence electrons. The number of nitrogens with zero attached hydrogens (tertiary/aromatic N) is 2. The number of hydrogen-bond donors (Lipinski definition) is 0. The monoisotopic (exact) mass is 645 g/mol. The van der Waals surface area contributed by atoms with E-state index in [-0.39, 0.29) is 0 Å². The van der Waals surface area contributed by atoms with Crippen molar-refractivity contribution < 1.29 is 4.57 Å². The molecular weight excluding hydrogens is 609 g/mol. The third kappa shape index (κ3) is 6.00. The molecule has 4 heteroatoms. The van der Waals surface area contributed by atoms with Gasteiger partial charge in [-0.1, -0.05) is 138 Å². The third-order valence-electron chi connectivity index (χ3n) is 9.15. The first-order valence-corrected chi connectivity index (χ1v) is 18.0. The molecule has 0 aliphatic carbocycles. The third-order valence-corrected chi connectivity index (χ3v) is 11.3. The lowest BCUT2D eigenvalue weighted by molar-refractivity contribution is -0.659. The SMILES string of the molecule is CCC(=Cc1sc2cc3ccccc3cc2[n+]1Cc1ccc(C)cc1)C=C1Sc2cc3ccccc3cc2N1Cc1ccc(C)cc1. The van der Waals surface area contributed by atoms with Gasteiger partial charge in [0.1, 0.15) is 4.70 Å². The van der Waals surface area contributed by atoms with Gasteiger partial charge in [-0.15, -0.1) is 0 Å². The van der Waals surface area contributed by atoms with E-state index < -0.39 is 0 Å². The molecule has 0 saturated heterocycles. The van der Waals surface area contributed by atoms with Crippen LogP contribution < -0.4 is 9.47 Å². The van der Waals surface area contributed by atoms with Crippen LogP contribution in [0.5, 0.6) is 0 Å². The van der Waals surface area contributed by atoms with Crippen LogP contribution in [0.2, 0.25) is 0 Å². The Balaban J connectivity index is 1.24. The van der Waals surface area contributed by atoms with Crippen molar-refractivity contribution in [1.29, 1.82) is 0 Å². The van der Waals surface area contributed by atoms with E-state index in [0.717, 1.165) is 19.5 Å². The van der Waals surface area contributed by atoms with E-state index in [4.69, 9.17) is 0 Å². The van der Waals surface area contributed by atoms with E-state index in [9.17, 15) is 0 Å². The van der Waals surface area contributed by atoms with Crippen molar-refractivity contribution in [3.63, 3.8) is 0 Å². The molecule has 2 heterocycles. The summed E-state index contributed by atoms with van der Waals surface area (Å²) in [6, 6.07) is 44.8. The normalized spacial score (nSPS) is 14.1. The molecule has 0 spiro atoms. The van der Waals surface area contributed by atoms with E-state index in [0.29, 0.717) is 0 Å². The lowest BCUT2D eigenvalue weighted by Gasteiger charge is -2.21. The highest BCUT2D eigenvalue weighted by Gasteiger charge is 2.27. The molecule has 0 fully saturated rings. The largest absolute Gasteiger partial charge is 0.330 e. The van der Waals surface area contributed by atoms with Crippen LogP contribution in [0.1, 0.15) is 40.6 Å². The van der Waals surface area contributed by atoms with Gasteiger partial charge in [0.25, 0.3) is 5.01 Å². The summed E-state index contributed by atoms with van der Waals surface area (Å²) < 4.78 is 3.83.